The second kappa shape index (κ2) is 4.17. The molecule has 4 nitrogen and oxygen atoms in total. The van der Waals surface area contributed by atoms with Crippen LogP contribution in [0, 0.1) is 0 Å². The summed E-state index contributed by atoms with van der Waals surface area (Å²) in [5.41, 5.74) is 6.91. The molecule has 1 aromatic carbocycles. The van der Waals surface area contributed by atoms with Gasteiger partial charge in [-0.15, -0.1) is 0 Å². The molecule has 0 bridgehead atoms. The number of aromatic nitrogens is 2. The molecule has 4 heteroatoms. The smallest absolute Gasteiger partial charge is 0.228 e. The lowest BCUT2D eigenvalue weighted by Gasteiger charge is -2.14. The number of nitrogens with zero attached hydrogens (tertiary/aromatic N) is 2. The van der Waals surface area contributed by atoms with Crippen molar-refractivity contribution in [1.82, 2.24) is 10.1 Å². The highest BCUT2D eigenvalue weighted by molar-refractivity contribution is 5.38. The van der Waals surface area contributed by atoms with Crippen LogP contribution in [0.15, 0.2) is 34.9 Å². The summed E-state index contributed by atoms with van der Waals surface area (Å²) in [7, 11) is 0. The van der Waals surface area contributed by atoms with Crippen LogP contribution >= 0.6 is 0 Å². The Morgan fingerprint density at radius 1 is 1.26 bits per heavy atom. The lowest BCUT2D eigenvalue weighted by atomic mass is 9.95. The Labute approximate surface area is 113 Å². The van der Waals surface area contributed by atoms with Gasteiger partial charge in [0.05, 0.1) is 5.41 Å². The van der Waals surface area contributed by atoms with Gasteiger partial charge in [0.1, 0.15) is 0 Å². The topological polar surface area (TPSA) is 64.9 Å². The molecule has 0 saturated heterocycles. The van der Waals surface area contributed by atoms with Crippen molar-refractivity contribution in [2.75, 3.05) is 0 Å². The number of benzene rings is 1. The van der Waals surface area contributed by atoms with Crippen LogP contribution in [-0.4, -0.2) is 15.7 Å². The van der Waals surface area contributed by atoms with E-state index in [4.69, 9.17) is 10.3 Å². The van der Waals surface area contributed by atoms with E-state index in [0.717, 1.165) is 18.7 Å². The maximum absolute atomic E-state index is 5.98. The molecule has 0 atom stereocenters. The molecular weight excluding hydrogens is 238 g/mol. The third-order valence-electron chi connectivity index (χ3n) is 3.58. The largest absolute Gasteiger partial charge is 0.339 e. The molecule has 2 aromatic rings. The zero-order valence-electron chi connectivity index (χ0n) is 11.4. The van der Waals surface area contributed by atoms with E-state index in [2.05, 4.69) is 34.4 Å². The first-order chi connectivity index (χ1) is 9.00. The Kier molecular flexibility index (Phi) is 2.71. The van der Waals surface area contributed by atoms with Crippen molar-refractivity contribution >= 4 is 0 Å². The molecule has 2 N–H and O–H groups in total. The van der Waals surface area contributed by atoms with Crippen molar-refractivity contribution < 1.29 is 4.52 Å². The molecule has 0 amide bonds. The highest BCUT2D eigenvalue weighted by Gasteiger charge is 2.49. The predicted molar refractivity (Wildman–Crippen MR) is 72.7 cm³/mol. The van der Waals surface area contributed by atoms with Crippen molar-refractivity contribution in [2.45, 2.75) is 44.1 Å². The second-order valence-corrected chi connectivity index (χ2v) is 6.13. The Bertz CT molecular complexity index is 565. The average Bonchev–Trinajstić information content (AvgIpc) is 3.05. The van der Waals surface area contributed by atoms with Gasteiger partial charge in [-0.05, 0) is 32.3 Å². The van der Waals surface area contributed by atoms with Gasteiger partial charge >= 0.3 is 0 Å². The minimum atomic E-state index is -0.326. The molecule has 3 rings (SSSR count). The van der Waals surface area contributed by atoms with Crippen LogP contribution < -0.4 is 5.73 Å². The Balaban J connectivity index is 1.87. The fourth-order valence-electron chi connectivity index (χ4n) is 2.43. The average molecular weight is 257 g/mol. The Morgan fingerprint density at radius 3 is 2.53 bits per heavy atom. The number of nitrogens with two attached hydrogens (primary N) is 1. The van der Waals surface area contributed by atoms with Crippen LogP contribution in [0.1, 0.15) is 44.0 Å². The maximum Gasteiger partial charge on any atom is 0.228 e. The minimum absolute atomic E-state index is 0.0260. The molecule has 100 valence electrons. The number of hydrogen-bond acceptors (Lipinski definition) is 4. The van der Waals surface area contributed by atoms with Crippen LogP contribution in [0.2, 0.25) is 0 Å². The summed E-state index contributed by atoms with van der Waals surface area (Å²) in [5.74, 6) is 1.43. The van der Waals surface area contributed by atoms with Gasteiger partial charge in [-0.25, -0.2) is 0 Å². The quantitative estimate of drug-likeness (QED) is 0.913. The van der Waals surface area contributed by atoms with Gasteiger partial charge in [-0.1, -0.05) is 35.5 Å². The third kappa shape index (κ3) is 2.40. The first-order valence-corrected chi connectivity index (χ1v) is 6.67. The molecule has 0 unspecified atom stereocenters. The standard InChI is InChI=1S/C15H19N3O/c1-14(2,16)10-12-17-13(18-19-12)15(8-9-15)11-6-4-3-5-7-11/h3-7H,8-10,16H2,1-2H3. The molecule has 1 aliphatic rings. The molecule has 0 spiro atoms. The zero-order chi connectivity index (χ0) is 13.5. The summed E-state index contributed by atoms with van der Waals surface area (Å²) in [4.78, 5) is 4.55. The van der Waals surface area contributed by atoms with E-state index in [-0.39, 0.29) is 11.0 Å². The highest BCUT2D eigenvalue weighted by atomic mass is 16.5. The molecule has 0 radical (unpaired) electrons. The molecule has 19 heavy (non-hydrogen) atoms. The van der Waals surface area contributed by atoms with Gasteiger partial charge in [0, 0.05) is 12.0 Å². The minimum Gasteiger partial charge on any atom is -0.339 e. The molecule has 1 aliphatic carbocycles. The van der Waals surface area contributed by atoms with Crippen molar-refractivity contribution in [2.24, 2.45) is 5.73 Å². The summed E-state index contributed by atoms with van der Waals surface area (Å²) in [6.07, 6.45) is 2.77. The lowest BCUT2D eigenvalue weighted by Crippen LogP contribution is -2.34. The van der Waals surface area contributed by atoms with Crippen molar-refractivity contribution in [1.29, 1.82) is 0 Å². The van der Waals surface area contributed by atoms with Gasteiger partial charge in [0.25, 0.3) is 0 Å². The molecular formula is C15H19N3O. The van der Waals surface area contributed by atoms with E-state index in [1.54, 1.807) is 0 Å². The fourth-order valence-corrected chi connectivity index (χ4v) is 2.43. The summed E-state index contributed by atoms with van der Waals surface area (Å²) >= 11 is 0. The second-order valence-electron chi connectivity index (χ2n) is 6.13. The van der Waals surface area contributed by atoms with E-state index in [1.807, 2.05) is 19.9 Å². The predicted octanol–water partition coefficient (Wildman–Crippen LogP) is 2.43. The van der Waals surface area contributed by atoms with Crippen LogP contribution in [0.4, 0.5) is 0 Å². The van der Waals surface area contributed by atoms with E-state index in [1.165, 1.54) is 5.56 Å². The molecule has 1 heterocycles. The zero-order valence-corrected chi connectivity index (χ0v) is 11.4. The summed E-state index contributed by atoms with van der Waals surface area (Å²) in [5, 5.41) is 4.17. The molecule has 1 saturated carbocycles. The van der Waals surface area contributed by atoms with Crippen molar-refractivity contribution in [3.63, 3.8) is 0 Å². The van der Waals surface area contributed by atoms with Gasteiger partial charge in [-0.3, -0.25) is 0 Å². The SMILES string of the molecule is CC(C)(N)Cc1nc(C2(c3ccccc3)CC2)no1. The summed E-state index contributed by atoms with van der Waals surface area (Å²) < 4.78 is 5.35. The molecule has 1 fully saturated rings. The Morgan fingerprint density at radius 2 is 1.95 bits per heavy atom. The van der Waals surface area contributed by atoms with Gasteiger partial charge in [-0.2, -0.15) is 4.98 Å². The fraction of sp³-hybridized carbons (Fsp3) is 0.467. The maximum atomic E-state index is 5.98. The van der Waals surface area contributed by atoms with Crippen molar-refractivity contribution in [3.8, 4) is 0 Å². The summed E-state index contributed by atoms with van der Waals surface area (Å²) in [6, 6.07) is 10.4. The van der Waals surface area contributed by atoms with Crippen LogP contribution in [0.25, 0.3) is 0 Å². The first kappa shape index (κ1) is 12.4. The van der Waals surface area contributed by atoms with Gasteiger partial charge in [0.15, 0.2) is 5.82 Å². The van der Waals surface area contributed by atoms with Crippen LogP contribution in [0.3, 0.4) is 0 Å². The molecule has 0 aliphatic heterocycles. The molecule has 1 aromatic heterocycles. The van der Waals surface area contributed by atoms with Gasteiger partial charge in [0.2, 0.25) is 5.89 Å². The van der Waals surface area contributed by atoms with E-state index < -0.39 is 0 Å². The van der Waals surface area contributed by atoms with Crippen LogP contribution in [0.5, 0.6) is 0 Å². The monoisotopic (exact) mass is 257 g/mol. The van der Waals surface area contributed by atoms with E-state index in [9.17, 15) is 0 Å². The lowest BCUT2D eigenvalue weighted by molar-refractivity contribution is 0.343. The summed E-state index contributed by atoms with van der Waals surface area (Å²) in [6.45, 7) is 3.92. The van der Waals surface area contributed by atoms with E-state index in [0.29, 0.717) is 12.3 Å². The van der Waals surface area contributed by atoms with Crippen molar-refractivity contribution in [3.05, 3.63) is 47.6 Å². The Hall–Kier alpha value is -1.68. The van der Waals surface area contributed by atoms with E-state index >= 15 is 0 Å². The highest BCUT2D eigenvalue weighted by Crippen LogP contribution is 2.52. The normalized spacial score (nSPS) is 17.4. The first-order valence-electron chi connectivity index (χ1n) is 6.67. The number of rotatable bonds is 4. The number of hydrogen-bond donors (Lipinski definition) is 1. The third-order valence-corrected chi connectivity index (χ3v) is 3.58. The van der Waals surface area contributed by atoms with Gasteiger partial charge < -0.3 is 10.3 Å². The van der Waals surface area contributed by atoms with Crippen LogP contribution in [-0.2, 0) is 11.8 Å².